The van der Waals surface area contributed by atoms with Crippen LogP contribution >= 0.6 is 0 Å². The molecule has 116 valence electrons. The van der Waals surface area contributed by atoms with Crippen LogP contribution in [0.3, 0.4) is 0 Å². The van der Waals surface area contributed by atoms with E-state index in [-0.39, 0.29) is 5.91 Å². The third-order valence-corrected chi connectivity index (χ3v) is 4.03. The lowest BCUT2D eigenvalue weighted by molar-refractivity contribution is 0.0949. The van der Waals surface area contributed by atoms with E-state index in [0.717, 1.165) is 37.3 Å². The molecule has 0 saturated carbocycles. The number of benzene rings is 1. The summed E-state index contributed by atoms with van der Waals surface area (Å²) in [6.45, 7) is 4.71. The van der Waals surface area contributed by atoms with Crippen molar-refractivity contribution >= 4 is 5.91 Å². The highest BCUT2D eigenvalue weighted by Crippen LogP contribution is 2.08. The lowest BCUT2D eigenvalue weighted by atomic mass is 10.1. The molecule has 0 spiro atoms. The molecule has 0 radical (unpaired) electrons. The molecule has 1 saturated heterocycles. The third-order valence-electron chi connectivity index (χ3n) is 4.03. The van der Waals surface area contributed by atoms with Gasteiger partial charge in [0.05, 0.1) is 6.33 Å². The molecule has 1 aliphatic rings. The van der Waals surface area contributed by atoms with Crippen molar-refractivity contribution in [2.45, 2.75) is 19.4 Å². The summed E-state index contributed by atoms with van der Waals surface area (Å²) in [5, 5.41) is 3.01. The van der Waals surface area contributed by atoms with E-state index in [0.29, 0.717) is 6.54 Å². The number of amides is 1. The zero-order chi connectivity index (χ0) is 15.2. The highest BCUT2D eigenvalue weighted by molar-refractivity contribution is 5.94. The van der Waals surface area contributed by atoms with Crippen LogP contribution in [-0.2, 0) is 6.54 Å². The van der Waals surface area contributed by atoms with Gasteiger partial charge in [0, 0.05) is 37.6 Å². The van der Waals surface area contributed by atoms with Crippen molar-refractivity contribution in [2.24, 2.45) is 0 Å². The number of likely N-dealkylation sites (tertiary alicyclic amines) is 1. The van der Waals surface area contributed by atoms with Crippen LogP contribution in [0.1, 0.15) is 28.8 Å². The van der Waals surface area contributed by atoms with E-state index in [1.807, 2.05) is 35.0 Å². The van der Waals surface area contributed by atoms with E-state index in [9.17, 15) is 4.79 Å². The fourth-order valence-electron chi connectivity index (χ4n) is 2.84. The Bertz CT molecular complexity index is 603. The molecule has 1 aromatic heterocycles. The summed E-state index contributed by atoms with van der Waals surface area (Å²) in [4.78, 5) is 18.7. The van der Waals surface area contributed by atoms with Crippen molar-refractivity contribution in [3.63, 3.8) is 0 Å². The number of rotatable bonds is 6. The minimum atomic E-state index is 0.00618. The van der Waals surface area contributed by atoms with Gasteiger partial charge in [0.15, 0.2) is 0 Å². The average molecular weight is 298 g/mol. The first-order valence-corrected chi connectivity index (χ1v) is 7.86. The summed E-state index contributed by atoms with van der Waals surface area (Å²) in [7, 11) is 0. The zero-order valence-corrected chi connectivity index (χ0v) is 12.7. The molecule has 22 heavy (non-hydrogen) atoms. The fourth-order valence-corrected chi connectivity index (χ4v) is 2.84. The van der Waals surface area contributed by atoms with Crippen molar-refractivity contribution in [1.82, 2.24) is 19.8 Å². The first-order valence-electron chi connectivity index (χ1n) is 7.86. The second kappa shape index (κ2) is 7.22. The van der Waals surface area contributed by atoms with Gasteiger partial charge in [-0.3, -0.25) is 4.79 Å². The predicted octanol–water partition coefficient (Wildman–Crippen LogP) is 1.76. The lowest BCUT2D eigenvalue weighted by Gasteiger charge is -2.14. The van der Waals surface area contributed by atoms with Gasteiger partial charge in [0.2, 0.25) is 0 Å². The summed E-state index contributed by atoms with van der Waals surface area (Å²) in [5.41, 5.74) is 1.82. The maximum Gasteiger partial charge on any atom is 0.251 e. The van der Waals surface area contributed by atoms with E-state index < -0.39 is 0 Å². The molecule has 0 atom stereocenters. The van der Waals surface area contributed by atoms with Crippen molar-refractivity contribution in [3.8, 4) is 0 Å². The second-order valence-corrected chi connectivity index (χ2v) is 5.74. The molecule has 1 fully saturated rings. The van der Waals surface area contributed by atoms with Crippen LogP contribution in [0.4, 0.5) is 0 Å². The SMILES string of the molecule is O=C(NCCN1CCCC1)c1cccc(Cn2ccnc2)c1. The van der Waals surface area contributed by atoms with Crippen LogP contribution in [-0.4, -0.2) is 46.5 Å². The van der Waals surface area contributed by atoms with E-state index in [1.165, 1.54) is 12.8 Å². The molecule has 3 rings (SSSR count). The molecule has 1 aromatic carbocycles. The largest absolute Gasteiger partial charge is 0.351 e. The Morgan fingerprint density at radius 3 is 2.91 bits per heavy atom. The van der Waals surface area contributed by atoms with E-state index >= 15 is 0 Å². The van der Waals surface area contributed by atoms with E-state index in [1.54, 1.807) is 12.5 Å². The standard InChI is InChI=1S/C17H22N4O/c22-17(19-7-11-20-8-1-2-9-20)16-5-3-4-15(12-16)13-21-10-6-18-14-21/h3-6,10,12,14H,1-2,7-9,11,13H2,(H,19,22). The molecule has 1 aliphatic heterocycles. The molecule has 2 heterocycles. The number of aromatic nitrogens is 2. The Morgan fingerprint density at radius 2 is 2.14 bits per heavy atom. The monoisotopic (exact) mass is 298 g/mol. The zero-order valence-electron chi connectivity index (χ0n) is 12.7. The summed E-state index contributed by atoms with van der Waals surface area (Å²) in [6, 6.07) is 7.77. The summed E-state index contributed by atoms with van der Waals surface area (Å²) < 4.78 is 1.99. The number of carbonyl (C=O) groups is 1. The van der Waals surface area contributed by atoms with Gasteiger partial charge in [-0.15, -0.1) is 0 Å². The van der Waals surface area contributed by atoms with Gasteiger partial charge in [-0.25, -0.2) is 4.98 Å². The molecular weight excluding hydrogens is 276 g/mol. The Kier molecular flexibility index (Phi) is 4.85. The molecule has 5 nitrogen and oxygen atoms in total. The molecule has 0 bridgehead atoms. The second-order valence-electron chi connectivity index (χ2n) is 5.74. The van der Waals surface area contributed by atoms with Gasteiger partial charge >= 0.3 is 0 Å². The first-order chi connectivity index (χ1) is 10.8. The van der Waals surface area contributed by atoms with Gasteiger partial charge in [-0.2, -0.15) is 0 Å². The average Bonchev–Trinajstić information content (AvgIpc) is 3.21. The maximum atomic E-state index is 12.2. The fraction of sp³-hybridized carbons (Fsp3) is 0.412. The number of hydrogen-bond acceptors (Lipinski definition) is 3. The maximum absolute atomic E-state index is 12.2. The molecule has 1 N–H and O–H groups in total. The number of nitrogens with one attached hydrogen (secondary N) is 1. The Balaban J connectivity index is 1.53. The minimum absolute atomic E-state index is 0.00618. The van der Waals surface area contributed by atoms with Gasteiger partial charge in [-0.1, -0.05) is 12.1 Å². The van der Waals surface area contributed by atoms with Crippen molar-refractivity contribution in [3.05, 3.63) is 54.1 Å². The first kappa shape index (κ1) is 14.8. The number of imidazole rings is 1. The number of hydrogen-bond donors (Lipinski definition) is 1. The lowest BCUT2D eigenvalue weighted by Crippen LogP contribution is -2.33. The van der Waals surface area contributed by atoms with Gasteiger partial charge < -0.3 is 14.8 Å². The van der Waals surface area contributed by atoms with Crippen molar-refractivity contribution < 1.29 is 4.79 Å². The summed E-state index contributed by atoms with van der Waals surface area (Å²) >= 11 is 0. The Labute approximate surface area is 131 Å². The van der Waals surface area contributed by atoms with Gasteiger partial charge in [0.1, 0.15) is 0 Å². The minimum Gasteiger partial charge on any atom is -0.351 e. The van der Waals surface area contributed by atoms with Crippen LogP contribution in [0.25, 0.3) is 0 Å². The van der Waals surface area contributed by atoms with Crippen molar-refractivity contribution in [1.29, 1.82) is 0 Å². The normalized spacial score (nSPS) is 15.1. The van der Waals surface area contributed by atoms with Crippen LogP contribution in [0.2, 0.25) is 0 Å². The third kappa shape index (κ3) is 3.95. The number of carbonyl (C=O) groups excluding carboxylic acids is 1. The van der Waals surface area contributed by atoms with Crippen LogP contribution in [0, 0.1) is 0 Å². The summed E-state index contributed by atoms with van der Waals surface area (Å²) in [6.07, 6.45) is 8.02. The highest BCUT2D eigenvalue weighted by Gasteiger charge is 2.11. The molecule has 2 aromatic rings. The Morgan fingerprint density at radius 1 is 1.27 bits per heavy atom. The number of nitrogens with zero attached hydrogens (tertiary/aromatic N) is 3. The molecule has 1 amide bonds. The van der Waals surface area contributed by atoms with Crippen LogP contribution in [0.15, 0.2) is 43.0 Å². The topological polar surface area (TPSA) is 50.2 Å². The summed E-state index contributed by atoms with van der Waals surface area (Å²) in [5.74, 6) is 0.00618. The molecule has 0 aliphatic carbocycles. The highest BCUT2D eigenvalue weighted by atomic mass is 16.1. The smallest absolute Gasteiger partial charge is 0.251 e. The van der Waals surface area contributed by atoms with E-state index in [4.69, 9.17) is 0 Å². The van der Waals surface area contributed by atoms with Gasteiger partial charge in [-0.05, 0) is 43.6 Å². The Hall–Kier alpha value is -2.14. The van der Waals surface area contributed by atoms with Crippen LogP contribution in [0.5, 0.6) is 0 Å². The van der Waals surface area contributed by atoms with Crippen LogP contribution < -0.4 is 5.32 Å². The van der Waals surface area contributed by atoms with E-state index in [2.05, 4.69) is 15.2 Å². The molecular formula is C17H22N4O. The quantitative estimate of drug-likeness (QED) is 0.884. The molecule has 0 unspecified atom stereocenters. The predicted molar refractivity (Wildman–Crippen MR) is 85.8 cm³/mol. The molecule has 5 heteroatoms. The van der Waals surface area contributed by atoms with Crippen molar-refractivity contribution in [2.75, 3.05) is 26.2 Å². The van der Waals surface area contributed by atoms with Gasteiger partial charge in [0.25, 0.3) is 5.91 Å².